The van der Waals surface area contributed by atoms with E-state index in [0.29, 0.717) is 12.2 Å². The Labute approximate surface area is 182 Å². The standard InChI is InChI=1S/C26H26N4O/c1-19-14-25-23(11-12-24(30-25)17-27-16-20-6-3-2-4-7-20)15-22(19)10-9-21-8-5-13-28-26(21)29-18-31/h2-8,11-15,18,27H,9-10,16-17H2,1H3,(H,28,29,31). The van der Waals surface area contributed by atoms with Crippen LogP contribution in [0.2, 0.25) is 0 Å². The lowest BCUT2D eigenvalue weighted by molar-refractivity contribution is -0.105. The van der Waals surface area contributed by atoms with E-state index in [-0.39, 0.29) is 0 Å². The van der Waals surface area contributed by atoms with Gasteiger partial charge < -0.3 is 10.6 Å². The number of carbonyl (C=O) groups excluding carboxylic acids is 1. The van der Waals surface area contributed by atoms with Crippen LogP contribution in [0.1, 0.15) is 27.9 Å². The van der Waals surface area contributed by atoms with E-state index < -0.39 is 0 Å². The second-order valence-electron chi connectivity index (χ2n) is 7.64. The third-order valence-corrected chi connectivity index (χ3v) is 5.43. The number of hydrogen-bond donors (Lipinski definition) is 2. The predicted octanol–water partition coefficient (Wildman–Crippen LogP) is 4.58. The van der Waals surface area contributed by atoms with Gasteiger partial charge in [0.05, 0.1) is 11.2 Å². The quantitative estimate of drug-likeness (QED) is 0.396. The monoisotopic (exact) mass is 410 g/mol. The number of anilines is 1. The topological polar surface area (TPSA) is 66.9 Å². The third kappa shape index (κ3) is 5.32. The van der Waals surface area contributed by atoms with Gasteiger partial charge in [0.2, 0.25) is 6.41 Å². The summed E-state index contributed by atoms with van der Waals surface area (Å²) in [6, 6.07) is 22.9. The number of aromatic nitrogens is 2. The number of pyridine rings is 2. The second-order valence-corrected chi connectivity index (χ2v) is 7.64. The molecule has 1 amide bonds. The minimum absolute atomic E-state index is 0.630. The molecule has 31 heavy (non-hydrogen) atoms. The smallest absolute Gasteiger partial charge is 0.212 e. The number of carbonyl (C=O) groups is 1. The zero-order valence-electron chi connectivity index (χ0n) is 17.6. The van der Waals surface area contributed by atoms with Crippen molar-refractivity contribution in [3.8, 4) is 0 Å². The molecule has 4 aromatic rings. The normalized spacial score (nSPS) is 10.9. The van der Waals surface area contributed by atoms with Crippen molar-refractivity contribution in [2.45, 2.75) is 32.9 Å². The molecular weight excluding hydrogens is 384 g/mol. The lowest BCUT2D eigenvalue weighted by Crippen LogP contribution is -2.13. The average Bonchev–Trinajstić information content (AvgIpc) is 2.79. The molecule has 0 fully saturated rings. The van der Waals surface area contributed by atoms with Gasteiger partial charge in [0, 0.05) is 24.7 Å². The summed E-state index contributed by atoms with van der Waals surface area (Å²) in [5.74, 6) is 0.630. The molecule has 0 aliphatic heterocycles. The first-order valence-corrected chi connectivity index (χ1v) is 10.5. The van der Waals surface area contributed by atoms with Crippen molar-refractivity contribution in [1.29, 1.82) is 0 Å². The second kappa shape index (κ2) is 9.96. The molecule has 5 nitrogen and oxygen atoms in total. The van der Waals surface area contributed by atoms with Crippen LogP contribution < -0.4 is 10.6 Å². The molecule has 0 unspecified atom stereocenters. The lowest BCUT2D eigenvalue weighted by Gasteiger charge is -2.11. The van der Waals surface area contributed by atoms with E-state index in [1.165, 1.54) is 16.7 Å². The van der Waals surface area contributed by atoms with Gasteiger partial charge in [-0.1, -0.05) is 42.5 Å². The van der Waals surface area contributed by atoms with Crippen LogP contribution in [0, 0.1) is 6.92 Å². The van der Waals surface area contributed by atoms with Gasteiger partial charge in [-0.3, -0.25) is 9.78 Å². The van der Waals surface area contributed by atoms with E-state index in [0.717, 1.165) is 48.1 Å². The maximum absolute atomic E-state index is 10.8. The first-order chi connectivity index (χ1) is 15.2. The van der Waals surface area contributed by atoms with Crippen LogP contribution in [0.25, 0.3) is 10.9 Å². The van der Waals surface area contributed by atoms with E-state index in [1.54, 1.807) is 6.20 Å². The zero-order chi connectivity index (χ0) is 21.5. The number of nitrogens with one attached hydrogen (secondary N) is 2. The van der Waals surface area contributed by atoms with Gasteiger partial charge in [-0.2, -0.15) is 0 Å². The van der Waals surface area contributed by atoms with Crippen LogP contribution >= 0.6 is 0 Å². The highest BCUT2D eigenvalue weighted by atomic mass is 16.1. The Morgan fingerprint density at radius 3 is 2.58 bits per heavy atom. The zero-order valence-corrected chi connectivity index (χ0v) is 17.6. The molecule has 2 heterocycles. The Hall–Kier alpha value is -3.57. The molecule has 156 valence electrons. The summed E-state index contributed by atoms with van der Waals surface area (Å²) in [7, 11) is 0. The number of amides is 1. The summed E-state index contributed by atoms with van der Waals surface area (Å²) >= 11 is 0. The summed E-state index contributed by atoms with van der Waals surface area (Å²) in [6.07, 6.45) is 4.05. The minimum atomic E-state index is 0.630. The summed E-state index contributed by atoms with van der Waals surface area (Å²) in [5, 5.41) is 7.29. The van der Waals surface area contributed by atoms with E-state index in [2.05, 4.69) is 71.1 Å². The van der Waals surface area contributed by atoms with E-state index in [1.807, 2.05) is 18.2 Å². The van der Waals surface area contributed by atoms with Gasteiger partial charge in [0.25, 0.3) is 0 Å². The van der Waals surface area contributed by atoms with Gasteiger partial charge in [-0.05, 0) is 66.3 Å². The maximum atomic E-state index is 10.8. The van der Waals surface area contributed by atoms with Crippen molar-refractivity contribution in [3.05, 3.63) is 101 Å². The first kappa shape index (κ1) is 20.7. The molecule has 0 radical (unpaired) electrons. The van der Waals surface area contributed by atoms with Crippen LogP contribution in [0.3, 0.4) is 0 Å². The van der Waals surface area contributed by atoms with Crippen LogP contribution in [0.5, 0.6) is 0 Å². The van der Waals surface area contributed by atoms with Crippen LogP contribution in [0.4, 0.5) is 5.82 Å². The molecule has 0 saturated carbocycles. The van der Waals surface area contributed by atoms with Gasteiger partial charge >= 0.3 is 0 Å². The molecule has 2 aromatic heterocycles. The fourth-order valence-corrected chi connectivity index (χ4v) is 3.76. The number of benzene rings is 2. The van der Waals surface area contributed by atoms with Crippen molar-refractivity contribution in [1.82, 2.24) is 15.3 Å². The highest BCUT2D eigenvalue weighted by Crippen LogP contribution is 2.22. The predicted molar refractivity (Wildman–Crippen MR) is 125 cm³/mol. The summed E-state index contributed by atoms with van der Waals surface area (Å²) in [4.78, 5) is 19.9. The molecule has 5 heteroatoms. The summed E-state index contributed by atoms with van der Waals surface area (Å²) < 4.78 is 0. The molecule has 0 aliphatic carbocycles. The number of nitrogens with zero attached hydrogens (tertiary/aromatic N) is 2. The fraction of sp³-hybridized carbons (Fsp3) is 0.192. The van der Waals surface area contributed by atoms with Gasteiger partial charge in [0.15, 0.2) is 0 Å². The van der Waals surface area contributed by atoms with Crippen LogP contribution in [-0.2, 0) is 30.7 Å². The number of hydrogen-bond acceptors (Lipinski definition) is 4. The third-order valence-electron chi connectivity index (χ3n) is 5.43. The van der Waals surface area contributed by atoms with Gasteiger partial charge in [0.1, 0.15) is 5.82 Å². The highest BCUT2D eigenvalue weighted by molar-refractivity contribution is 5.80. The summed E-state index contributed by atoms with van der Waals surface area (Å²) in [6.45, 7) is 3.69. The first-order valence-electron chi connectivity index (χ1n) is 10.5. The Balaban J connectivity index is 1.44. The molecular formula is C26H26N4O. The van der Waals surface area contributed by atoms with Gasteiger partial charge in [-0.25, -0.2) is 4.98 Å². The van der Waals surface area contributed by atoms with Crippen molar-refractivity contribution in [2.75, 3.05) is 5.32 Å². The number of aryl methyl sites for hydroxylation is 3. The van der Waals surface area contributed by atoms with E-state index in [4.69, 9.17) is 4.98 Å². The fourth-order valence-electron chi connectivity index (χ4n) is 3.76. The number of fused-ring (bicyclic) bond motifs is 1. The van der Waals surface area contributed by atoms with Crippen molar-refractivity contribution in [3.63, 3.8) is 0 Å². The minimum Gasteiger partial charge on any atom is -0.313 e. The lowest BCUT2D eigenvalue weighted by atomic mass is 9.98. The van der Waals surface area contributed by atoms with Gasteiger partial charge in [-0.15, -0.1) is 0 Å². The number of rotatable bonds is 9. The molecule has 2 N–H and O–H groups in total. The Morgan fingerprint density at radius 2 is 1.74 bits per heavy atom. The molecule has 0 bridgehead atoms. The van der Waals surface area contributed by atoms with E-state index in [9.17, 15) is 4.79 Å². The van der Waals surface area contributed by atoms with Crippen molar-refractivity contribution < 1.29 is 4.79 Å². The largest absolute Gasteiger partial charge is 0.313 e. The van der Waals surface area contributed by atoms with Crippen molar-refractivity contribution in [2.24, 2.45) is 0 Å². The van der Waals surface area contributed by atoms with E-state index >= 15 is 0 Å². The molecule has 0 spiro atoms. The Morgan fingerprint density at radius 1 is 0.903 bits per heavy atom. The molecule has 0 saturated heterocycles. The molecule has 4 rings (SSSR count). The SMILES string of the molecule is Cc1cc2nc(CNCc3ccccc3)ccc2cc1CCc1cccnc1NC=O. The van der Waals surface area contributed by atoms with Crippen LogP contribution in [-0.4, -0.2) is 16.4 Å². The molecule has 0 aliphatic rings. The molecule has 0 atom stereocenters. The van der Waals surface area contributed by atoms with Crippen LogP contribution in [0.15, 0.2) is 72.9 Å². The summed E-state index contributed by atoms with van der Waals surface area (Å²) in [5.41, 5.74) is 6.87. The maximum Gasteiger partial charge on any atom is 0.212 e. The average molecular weight is 411 g/mol. The molecule has 2 aromatic carbocycles. The highest BCUT2D eigenvalue weighted by Gasteiger charge is 2.07. The van der Waals surface area contributed by atoms with Crippen molar-refractivity contribution >= 4 is 23.1 Å². The Kier molecular flexibility index (Phi) is 6.65. The Bertz CT molecular complexity index is 1170.